The van der Waals surface area contributed by atoms with E-state index in [9.17, 15) is 9.90 Å². The molecular formula is C15H30N2O2. The van der Waals surface area contributed by atoms with Crippen molar-refractivity contribution in [2.75, 3.05) is 20.1 Å². The molecule has 4 heteroatoms. The van der Waals surface area contributed by atoms with Crippen LogP contribution in [0.1, 0.15) is 58.8 Å². The summed E-state index contributed by atoms with van der Waals surface area (Å²) in [7, 11) is 2.14. The number of rotatable bonds is 7. The van der Waals surface area contributed by atoms with Crippen LogP contribution in [0.3, 0.4) is 0 Å². The molecule has 1 atom stereocenters. The predicted molar refractivity (Wildman–Crippen MR) is 78.5 cm³/mol. The lowest BCUT2D eigenvalue weighted by Gasteiger charge is -2.32. The summed E-state index contributed by atoms with van der Waals surface area (Å²) in [5.74, 6) is -0.747. The second kappa shape index (κ2) is 7.85. The van der Waals surface area contributed by atoms with Gasteiger partial charge >= 0.3 is 5.97 Å². The van der Waals surface area contributed by atoms with Gasteiger partial charge in [0.2, 0.25) is 0 Å². The lowest BCUT2D eigenvalue weighted by molar-refractivity contribution is -0.144. The Bertz CT molecular complexity index is 275. The lowest BCUT2D eigenvalue weighted by Crippen LogP contribution is -2.51. The van der Waals surface area contributed by atoms with Gasteiger partial charge in [0.05, 0.1) is 0 Å². The number of hydrogen-bond acceptors (Lipinski definition) is 3. The van der Waals surface area contributed by atoms with Crippen molar-refractivity contribution < 1.29 is 9.90 Å². The normalized spacial score (nSPS) is 21.1. The van der Waals surface area contributed by atoms with Gasteiger partial charge in [-0.2, -0.15) is 0 Å². The third-order valence-corrected chi connectivity index (χ3v) is 4.45. The van der Waals surface area contributed by atoms with Crippen molar-refractivity contribution in [1.29, 1.82) is 0 Å². The maximum absolute atomic E-state index is 11.4. The van der Waals surface area contributed by atoms with Gasteiger partial charge in [-0.05, 0) is 39.8 Å². The van der Waals surface area contributed by atoms with E-state index >= 15 is 0 Å². The Kier molecular flexibility index (Phi) is 6.80. The number of carboxylic acid groups (broad SMARTS) is 1. The molecule has 1 unspecified atom stereocenters. The average molecular weight is 270 g/mol. The predicted octanol–water partition coefficient (Wildman–Crippen LogP) is 2.48. The number of nitrogens with one attached hydrogen (secondary N) is 1. The van der Waals surface area contributed by atoms with Crippen molar-refractivity contribution in [3.05, 3.63) is 0 Å². The summed E-state index contributed by atoms with van der Waals surface area (Å²) in [4.78, 5) is 13.7. The number of carboxylic acids is 1. The molecule has 0 radical (unpaired) electrons. The molecule has 0 aliphatic heterocycles. The van der Waals surface area contributed by atoms with E-state index in [1.54, 1.807) is 6.92 Å². The number of nitrogens with zero attached hydrogens (tertiary/aromatic N) is 1. The molecule has 0 aromatic heterocycles. The molecule has 2 N–H and O–H groups in total. The number of aliphatic carboxylic acids is 1. The van der Waals surface area contributed by atoms with Crippen LogP contribution in [0, 0.1) is 0 Å². The third-order valence-electron chi connectivity index (χ3n) is 4.45. The van der Waals surface area contributed by atoms with Crippen LogP contribution in [0.5, 0.6) is 0 Å². The molecule has 0 saturated heterocycles. The van der Waals surface area contributed by atoms with Crippen molar-refractivity contribution in [1.82, 2.24) is 10.2 Å². The van der Waals surface area contributed by atoms with E-state index in [-0.39, 0.29) is 0 Å². The summed E-state index contributed by atoms with van der Waals surface area (Å²) in [6.45, 7) is 5.28. The highest BCUT2D eigenvalue weighted by Gasteiger charge is 2.32. The van der Waals surface area contributed by atoms with Crippen LogP contribution >= 0.6 is 0 Å². The minimum atomic E-state index is -0.798. The monoisotopic (exact) mass is 270 g/mol. The molecule has 1 aliphatic carbocycles. The van der Waals surface area contributed by atoms with Gasteiger partial charge in [0.15, 0.2) is 0 Å². The van der Waals surface area contributed by atoms with Gasteiger partial charge in [0.25, 0.3) is 0 Å². The molecule has 1 rings (SSSR count). The van der Waals surface area contributed by atoms with Gasteiger partial charge in [0, 0.05) is 12.6 Å². The Morgan fingerprint density at radius 3 is 2.37 bits per heavy atom. The van der Waals surface area contributed by atoms with Gasteiger partial charge in [-0.15, -0.1) is 0 Å². The SMILES string of the molecule is CCNC(C)(CCN(C)C1CCCCCC1)C(=O)O. The first-order chi connectivity index (χ1) is 8.99. The van der Waals surface area contributed by atoms with Crippen molar-refractivity contribution in [2.24, 2.45) is 0 Å². The zero-order valence-electron chi connectivity index (χ0n) is 12.7. The number of likely N-dealkylation sites (N-methyl/N-ethyl adjacent to an activating group) is 1. The zero-order valence-corrected chi connectivity index (χ0v) is 12.7. The maximum atomic E-state index is 11.4. The van der Waals surface area contributed by atoms with E-state index in [0.29, 0.717) is 19.0 Å². The van der Waals surface area contributed by atoms with Crippen LogP contribution in [0.15, 0.2) is 0 Å². The van der Waals surface area contributed by atoms with E-state index in [1.807, 2.05) is 6.92 Å². The highest BCUT2D eigenvalue weighted by atomic mass is 16.4. The van der Waals surface area contributed by atoms with Crippen molar-refractivity contribution >= 4 is 5.97 Å². The molecule has 0 aromatic carbocycles. The Labute approximate surface area is 117 Å². The zero-order chi connectivity index (χ0) is 14.3. The quantitative estimate of drug-likeness (QED) is 0.698. The van der Waals surface area contributed by atoms with Crippen molar-refractivity contribution in [3.63, 3.8) is 0 Å². The smallest absolute Gasteiger partial charge is 0.323 e. The topological polar surface area (TPSA) is 52.6 Å². The first-order valence-corrected chi connectivity index (χ1v) is 7.68. The second-order valence-electron chi connectivity index (χ2n) is 6.04. The van der Waals surface area contributed by atoms with Crippen LogP contribution in [-0.2, 0) is 4.79 Å². The first-order valence-electron chi connectivity index (χ1n) is 7.68. The van der Waals surface area contributed by atoms with Crippen molar-refractivity contribution in [3.8, 4) is 0 Å². The molecule has 19 heavy (non-hydrogen) atoms. The van der Waals surface area contributed by atoms with Crippen LogP contribution in [0.25, 0.3) is 0 Å². The summed E-state index contributed by atoms with van der Waals surface area (Å²) >= 11 is 0. The number of carbonyl (C=O) groups is 1. The van der Waals surface area contributed by atoms with Gasteiger partial charge < -0.3 is 15.3 Å². The van der Waals surface area contributed by atoms with E-state index in [2.05, 4.69) is 17.3 Å². The fourth-order valence-corrected chi connectivity index (χ4v) is 2.94. The summed E-state index contributed by atoms with van der Waals surface area (Å²) in [5.41, 5.74) is -0.798. The second-order valence-corrected chi connectivity index (χ2v) is 6.04. The Morgan fingerprint density at radius 1 is 1.32 bits per heavy atom. The molecule has 0 bridgehead atoms. The third kappa shape index (κ3) is 5.11. The molecule has 0 spiro atoms. The van der Waals surface area contributed by atoms with Crippen LogP contribution in [0.2, 0.25) is 0 Å². The highest BCUT2D eigenvalue weighted by molar-refractivity contribution is 5.78. The minimum Gasteiger partial charge on any atom is -0.480 e. The molecule has 1 aliphatic rings. The van der Waals surface area contributed by atoms with E-state index in [0.717, 1.165) is 6.54 Å². The molecular weight excluding hydrogens is 240 g/mol. The molecule has 1 fully saturated rings. The van der Waals surface area contributed by atoms with Gasteiger partial charge in [-0.25, -0.2) is 0 Å². The van der Waals surface area contributed by atoms with E-state index < -0.39 is 11.5 Å². The minimum absolute atomic E-state index is 0.641. The molecule has 112 valence electrons. The van der Waals surface area contributed by atoms with Crippen LogP contribution in [0.4, 0.5) is 0 Å². The fourth-order valence-electron chi connectivity index (χ4n) is 2.94. The van der Waals surface area contributed by atoms with Gasteiger partial charge in [0.1, 0.15) is 5.54 Å². The van der Waals surface area contributed by atoms with E-state index in [4.69, 9.17) is 0 Å². The molecule has 1 saturated carbocycles. The molecule has 0 heterocycles. The van der Waals surface area contributed by atoms with Gasteiger partial charge in [-0.3, -0.25) is 4.79 Å². The Hall–Kier alpha value is -0.610. The lowest BCUT2D eigenvalue weighted by atomic mass is 9.96. The average Bonchev–Trinajstić information content (AvgIpc) is 2.65. The molecule has 0 amide bonds. The van der Waals surface area contributed by atoms with Crippen LogP contribution < -0.4 is 5.32 Å². The van der Waals surface area contributed by atoms with Gasteiger partial charge in [-0.1, -0.05) is 32.6 Å². The van der Waals surface area contributed by atoms with E-state index in [1.165, 1.54) is 38.5 Å². The Balaban J connectivity index is 2.46. The van der Waals surface area contributed by atoms with Crippen molar-refractivity contribution in [2.45, 2.75) is 70.4 Å². The fraction of sp³-hybridized carbons (Fsp3) is 0.933. The number of hydrogen-bond donors (Lipinski definition) is 2. The van der Waals surface area contributed by atoms with Crippen LogP contribution in [-0.4, -0.2) is 47.7 Å². The summed E-state index contributed by atoms with van der Waals surface area (Å²) in [5, 5.41) is 12.5. The largest absolute Gasteiger partial charge is 0.480 e. The standard InChI is InChI=1S/C15H30N2O2/c1-4-16-15(2,14(18)19)11-12-17(3)13-9-7-5-6-8-10-13/h13,16H,4-12H2,1-3H3,(H,18,19). The summed E-state index contributed by atoms with van der Waals surface area (Å²) in [6, 6.07) is 0.641. The molecule has 4 nitrogen and oxygen atoms in total. The molecule has 0 aromatic rings. The first kappa shape index (κ1) is 16.4. The summed E-state index contributed by atoms with van der Waals surface area (Å²) < 4.78 is 0. The summed E-state index contributed by atoms with van der Waals surface area (Å²) in [6.07, 6.45) is 8.53. The Morgan fingerprint density at radius 2 is 1.89 bits per heavy atom. The maximum Gasteiger partial charge on any atom is 0.323 e. The highest BCUT2D eigenvalue weighted by Crippen LogP contribution is 2.22.